The number of hydrogen-bond donors (Lipinski definition) is 1. The van der Waals surface area contributed by atoms with Gasteiger partial charge in [0.1, 0.15) is 12.9 Å². The molecule has 0 saturated heterocycles. The lowest BCUT2D eigenvalue weighted by atomic mass is 10.1. The largest absolute Gasteiger partial charge is 0.416 e. The second-order valence-corrected chi connectivity index (χ2v) is 7.10. The molecule has 0 bridgehead atoms. The summed E-state index contributed by atoms with van der Waals surface area (Å²) in [4.78, 5) is 33.0. The SMILES string of the molecule is CC(c1ncnn1-c1ccc(C(=O)NCC#N)cn1)N(C=O)c1cc(Cl)cc(C(F)(F)F)c1. The van der Waals surface area contributed by atoms with Crippen molar-refractivity contribution in [2.24, 2.45) is 0 Å². The zero-order chi connectivity index (χ0) is 24.2. The Balaban J connectivity index is 1.92. The molecule has 3 aromatic rings. The first kappa shape index (κ1) is 23.7. The molecule has 0 radical (unpaired) electrons. The highest BCUT2D eigenvalue weighted by Gasteiger charge is 2.32. The number of benzene rings is 1. The molecule has 170 valence electrons. The van der Waals surface area contributed by atoms with Crippen LogP contribution in [-0.2, 0) is 11.0 Å². The molecule has 0 saturated carbocycles. The Bertz CT molecular complexity index is 1210. The highest BCUT2D eigenvalue weighted by atomic mass is 35.5. The predicted octanol–water partition coefficient (Wildman–Crippen LogP) is 3.31. The second-order valence-electron chi connectivity index (χ2n) is 6.66. The lowest BCUT2D eigenvalue weighted by molar-refractivity contribution is -0.137. The molecule has 0 aliphatic carbocycles. The van der Waals surface area contributed by atoms with Gasteiger partial charge in [-0.2, -0.15) is 28.2 Å². The third-order valence-corrected chi connectivity index (χ3v) is 4.76. The van der Waals surface area contributed by atoms with Crippen molar-refractivity contribution in [3.8, 4) is 11.9 Å². The molecule has 2 heterocycles. The summed E-state index contributed by atoms with van der Waals surface area (Å²) in [6.45, 7) is 1.39. The number of anilines is 1. The van der Waals surface area contributed by atoms with E-state index < -0.39 is 23.7 Å². The van der Waals surface area contributed by atoms with Crippen molar-refractivity contribution in [3.05, 3.63) is 64.8 Å². The Hall–Kier alpha value is -3.98. The number of hydrogen-bond acceptors (Lipinski definition) is 6. The second kappa shape index (κ2) is 9.66. The van der Waals surface area contributed by atoms with E-state index in [1.54, 1.807) is 13.0 Å². The summed E-state index contributed by atoms with van der Waals surface area (Å²) in [5.41, 5.74) is -0.876. The number of alkyl halides is 3. The molecule has 13 heteroatoms. The number of aromatic nitrogens is 4. The Kier molecular flexibility index (Phi) is 6.93. The molecule has 3 rings (SSSR count). The van der Waals surface area contributed by atoms with E-state index in [-0.39, 0.29) is 34.5 Å². The molecule has 1 N–H and O–H groups in total. The lowest BCUT2D eigenvalue weighted by Crippen LogP contribution is -2.28. The molecule has 0 aliphatic heterocycles. The van der Waals surface area contributed by atoms with E-state index >= 15 is 0 Å². The summed E-state index contributed by atoms with van der Waals surface area (Å²) in [5.74, 6) is -0.0414. The van der Waals surface area contributed by atoms with E-state index in [1.165, 1.54) is 35.4 Å². The molecule has 1 aromatic carbocycles. The van der Waals surface area contributed by atoms with E-state index in [0.29, 0.717) is 6.41 Å². The highest BCUT2D eigenvalue weighted by molar-refractivity contribution is 6.31. The lowest BCUT2D eigenvalue weighted by Gasteiger charge is -2.25. The molecule has 1 unspecified atom stereocenters. The van der Waals surface area contributed by atoms with Crippen molar-refractivity contribution < 1.29 is 22.8 Å². The Morgan fingerprint density at radius 2 is 2.09 bits per heavy atom. The number of halogens is 4. The van der Waals surface area contributed by atoms with Gasteiger partial charge in [-0.25, -0.2) is 9.97 Å². The number of nitriles is 1. The van der Waals surface area contributed by atoms with Crippen LogP contribution < -0.4 is 10.2 Å². The normalized spacial score (nSPS) is 12.0. The maximum absolute atomic E-state index is 13.2. The smallest absolute Gasteiger partial charge is 0.339 e. The van der Waals surface area contributed by atoms with Gasteiger partial charge in [-0.1, -0.05) is 11.6 Å². The zero-order valence-corrected chi connectivity index (χ0v) is 17.7. The summed E-state index contributed by atoms with van der Waals surface area (Å²) in [5, 5.41) is 14.8. The Morgan fingerprint density at radius 1 is 1.33 bits per heavy atom. The topological polar surface area (TPSA) is 117 Å². The van der Waals surface area contributed by atoms with Gasteiger partial charge in [0.25, 0.3) is 5.91 Å². The van der Waals surface area contributed by atoms with Crippen LogP contribution in [0.4, 0.5) is 18.9 Å². The van der Waals surface area contributed by atoms with Gasteiger partial charge in [0, 0.05) is 16.9 Å². The standard InChI is InChI=1S/C20H15ClF3N7O2/c1-12(30(11-32)16-7-14(20(22,23)24)6-15(21)8-16)18-28-10-29-31(18)17-3-2-13(9-27-17)19(33)26-5-4-25/h2-3,6-12H,5H2,1H3,(H,26,33). The molecule has 1 atom stereocenters. The summed E-state index contributed by atoms with van der Waals surface area (Å²) >= 11 is 5.85. The van der Waals surface area contributed by atoms with E-state index in [4.69, 9.17) is 16.9 Å². The minimum Gasteiger partial charge on any atom is -0.339 e. The number of nitrogens with one attached hydrogen (secondary N) is 1. The first-order valence-electron chi connectivity index (χ1n) is 9.28. The average molecular weight is 478 g/mol. The van der Waals surface area contributed by atoms with Crippen molar-refractivity contribution in [3.63, 3.8) is 0 Å². The van der Waals surface area contributed by atoms with E-state index in [1.807, 2.05) is 0 Å². The van der Waals surface area contributed by atoms with Crippen LogP contribution in [0.15, 0.2) is 42.9 Å². The molecule has 2 amide bonds. The minimum absolute atomic E-state index is 0.0793. The molecule has 0 aliphatic rings. The molecule has 0 fully saturated rings. The van der Waals surface area contributed by atoms with E-state index in [2.05, 4.69) is 20.4 Å². The Labute approximate surface area is 190 Å². The molecular formula is C20H15ClF3N7O2. The quantitative estimate of drug-likeness (QED) is 0.412. The van der Waals surface area contributed by atoms with Crippen LogP contribution in [0.25, 0.3) is 5.82 Å². The van der Waals surface area contributed by atoms with Gasteiger partial charge in [-0.05, 0) is 37.3 Å². The molecule has 33 heavy (non-hydrogen) atoms. The first-order valence-corrected chi connectivity index (χ1v) is 9.66. The van der Waals surface area contributed by atoms with E-state index in [0.717, 1.165) is 17.0 Å². The number of nitrogens with zero attached hydrogens (tertiary/aromatic N) is 6. The summed E-state index contributed by atoms with van der Waals surface area (Å²) < 4.78 is 40.9. The van der Waals surface area contributed by atoms with Crippen molar-refractivity contribution in [1.82, 2.24) is 25.1 Å². The number of pyridine rings is 1. The fraction of sp³-hybridized carbons (Fsp3) is 0.200. The van der Waals surface area contributed by atoms with Crippen molar-refractivity contribution in [2.75, 3.05) is 11.4 Å². The van der Waals surface area contributed by atoms with Crippen LogP contribution in [0.2, 0.25) is 5.02 Å². The van der Waals surface area contributed by atoms with Gasteiger partial charge in [0.2, 0.25) is 6.41 Å². The summed E-state index contributed by atoms with van der Waals surface area (Å²) in [7, 11) is 0. The molecule has 9 nitrogen and oxygen atoms in total. The predicted molar refractivity (Wildman–Crippen MR) is 111 cm³/mol. The number of carbonyl (C=O) groups excluding carboxylic acids is 2. The number of amides is 2. The van der Waals surface area contributed by atoms with Gasteiger partial charge in [0.05, 0.1) is 23.2 Å². The fourth-order valence-corrected chi connectivity index (χ4v) is 3.20. The van der Waals surface area contributed by atoms with Crippen LogP contribution in [0.1, 0.15) is 34.7 Å². The maximum Gasteiger partial charge on any atom is 0.416 e. The fourth-order valence-electron chi connectivity index (χ4n) is 2.97. The van der Waals surface area contributed by atoms with Gasteiger partial charge in [-0.3, -0.25) is 9.59 Å². The average Bonchev–Trinajstić information content (AvgIpc) is 3.27. The van der Waals surface area contributed by atoms with Gasteiger partial charge in [0.15, 0.2) is 11.6 Å². The van der Waals surface area contributed by atoms with Crippen molar-refractivity contribution >= 4 is 29.6 Å². The molecular weight excluding hydrogens is 463 g/mol. The Morgan fingerprint density at radius 3 is 2.70 bits per heavy atom. The zero-order valence-electron chi connectivity index (χ0n) is 16.9. The van der Waals surface area contributed by atoms with Crippen LogP contribution in [-0.4, -0.2) is 38.6 Å². The third kappa shape index (κ3) is 5.27. The monoisotopic (exact) mass is 477 g/mol. The van der Waals surface area contributed by atoms with Crippen LogP contribution in [0, 0.1) is 11.3 Å². The minimum atomic E-state index is -4.65. The first-order chi connectivity index (χ1) is 15.7. The number of carbonyl (C=O) groups is 2. The molecule has 0 spiro atoms. The van der Waals surface area contributed by atoms with Gasteiger partial charge < -0.3 is 10.2 Å². The number of rotatable bonds is 7. The highest BCUT2D eigenvalue weighted by Crippen LogP contribution is 2.36. The van der Waals surface area contributed by atoms with Gasteiger partial charge in [-0.15, -0.1) is 0 Å². The summed E-state index contributed by atoms with van der Waals surface area (Å²) in [6.07, 6.45) is -1.82. The third-order valence-electron chi connectivity index (χ3n) is 4.54. The summed E-state index contributed by atoms with van der Waals surface area (Å²) in [6, 6.07) is 6.66. The van der Waals surface area contributed by atoms with Crippen molar-refractivity contribution in [1.29, 1.82) is 5.26 Å². The maximum atomic E-state index is 13.2. The van der Waals surface area contributed by atoms with Gasteiger partial charge >= 0.3 is 6.18 Å². The van der Waals surface area contributed by atoms with Crippen molar-refractivity contribution in [2.45, 2.75) is 19.1 Å². The van der Waals surface area contributed by atoms with Crippen LogP contribution in [0.3, 0.4) is 0 Å². The van der Waals surface area contributed by atoms with Crippen LogP contribution in [0.5, 0.6) is 0 Å². The van der Waals surface area contributed by atoms with Crippen LogP contribution >= 0.6 is 11.6 Å². The molecule has 2 aromatic heterocycles. The van der Waals surface area contributed by atoms with E-state index in [9.17, 15) is 22.8 Å².